The minimum atomic E-state index is 0.500. The molecule has 0 N–H and O–H groups in total. The zero-order valence-corrected chi connectivity index (χ0v) is 16.2. The minimum absolute atomic E-state index is 0.500. The van der Waals surface area contributed by atoms with E-state index in [4.69, 9.17) is 4.98 Å². The first-order chi connectivity index (χ1) is 14.3. The lowest BCUT2D eigenvalue weighted by molar-refractivity contribution is 0.791. The molecule has 0 unspecified atom stereocenters. The van der Waals surface area contributed by atoms with Gasteiger partial charge in [0.25, 0.3) is 0 Å². The Kier molecular flexibility index (Phi) is 4.34. The van der Waals surface area contributed by atoms with Crippen molar-refractivity contribution in [2.45, 2.75) is 6.92 Å². The molecule has 0 saturated heterocycles. The van der Waals surface area contributed by atoms with Crippen LogP contribution in [-0.4, -0.2) is 40.1 Å². The molecule has 5 aromatic rings. The number of aromatic nitrogens is 8. The van der Waals surface area contributed by atoms with E-state index in [0.29, 0.717) is 17.3 Å². The number of hydrogen-bond donors (Lipinski definition) is 0. The van der Waals surface area contributed by atoms with E-state index in [-0.39, 0.29) is 0 Å². The van der Waals surface area contributed by atoms with Gasteiger partial charge in [0.05, 0.1) is 28.0 Å². The summed E-state index contributed by atoms with van der Waals surface area (Å²) in [5.41, 5.74) is 4.13. The quantitative estimate of drug-likeness (QED) is 0.456. The lowest BCUT2D eigenvalue weighted by Gasteiger charge is -2.09. The third-order valence-electron chi connectivity index (χ3n) is 4.32. The van der Waals surface area contributed by atoms with Gasteiger partial charge in [-0.1, -0.05) is 23.8 Å². The standard InChI is InChI=1S/C20H14N8S/c1-13-4-6-14(7-5-13)28-20(25-26-27-28)15-11-23-19(16-12-21-8-9-22-16)24-18(15)17-3-2-10-29-17/h2-12H,1H3. The molecule has 0 aliphatic heterocycles. The van der Waals surface area contributed by atoms with Gasteiger partial charge in [0.2, 0.25) is 0 Å². The smallest absolute Gasteiger partial charge is 0.190 e. The SMILES string of the molecule is Cc1ccc(-n2nnnc2-c2cnc(-c3cnccn3)nc2-c2cccs2)cc1. The van der Waals surface area contributed by atoms with Crippen molar-refractivity contribution in [2.24, 2.45) is 0 Å². The van der Waals surface area contributed by atoms with Gasteiger partial charge in [0, 0.05) is 18.6 Å². The topological polar surface area (TPSA) is 95.2 Å². The molecule has 4 aromatic heterocycles. The number of aryl methyl sites for hydroxylation is 1. The number of hydrogen-bond acceptors (Lipinski definition) is 8. The molecule has 0 spiro atoms. The monoisotopic (exact) mass is 398 g/mol. The van der Waals surface area contributed by atoms with Crippen LogP contribution in [0.1, 0.15) is 5.56 Å². The van der Waals surface area contributed by atoms with E-state index in [1.165, 1.54) is 5.56 Å². The minimum Gasteiger partial charge on any atom is -0.261 e. The average molecular weight is 398 g/mol. The van der Waals surface area contributed by atoms with Crippen molar-refractivity contribution >= 4 is 11.3 Å². The third kappa shape index (κ3) is 3.27. The Morgan fingerprint density at radius 1 is 0.966 bits per heavy atom. The predicted octanol–water partition coefficient (Wildman–Crippen LogP) is 3.61. The molecule has 0 aliphatic carbocycles. The lowest BCUT2D eigenvalue weighted by atomic mass is 10.1. The second-order valence-electron chi connectivity index (χ2n) is 6.27. The normalized spacial score (nSPS) is 10.9. The number of thiophene rings is 1. The van der Waals surface area contributed by atoms with Gasteiger partial charge in [0.15, 0.2) is 11.6 Å². The van der Waals surface area contributed by atoms with E-state index in [1.807, 2.05) is 48.7 Å². The molecule has 9 heteroatoms. The molecule has 0 amide bonds. The fourth-order valence-electron chi connectivity index (χ4n) is 2.90. The second kappa shape index (κ2) is 7.28. The summed E-state index contributed by atoms with van der Waals surface area (Å²) in [6.07, 6.45) is 6.62. The van der Waals surface area contributed by atoms with Crippen LogP contribution in [-0.2, 0) is 0 Å². The van der Waals surface area contributed by atoms with Gasteiger partial charge in [-0.05, 0) is 40.9 Å². The molecule has 0 saturated carbocycles. The van der Waals surface area contributed by atoms with Crippen LogP contribution in [0.3, 0.4) is 0 Å². The maximum atomic E-state index is 4.78. The summed E-state index contributed by atoms with van der Waals surface area (Å²) in [6.45, 7) is 2.04. The largest absolute Gasteiger partial charge is 0.261 e. The molecule has 0 fully saturated rings. The molecule has 4 heterocycles. The molecular formula is C20H14N8S. The van der Waals surface area contributed by atoms with Crippen molar-refractivity contribution in [2.75, 3.05) is 0 Å². The van der Waals surface area contributed by atoms with E-state index >= 15 is 0 Å². The number of nitrogens with zero attached hydrogens (tertiary/aromatic N) is 8. The van der Waals surface area contributed by atoms with Crippen LogP contribution >= 0.6 is 11.3 Å². The van der Waals surface area contributed by atoms with Gasteiger partial charge in [-0.15, -0.1) is 16.4 Å². The van der Waals surface area contributed by atoms with Crippen molar-refractivity contribution in [3.63, 3.8) is 0 Å². The summed E-state index contributed by atoms with van der Waals surface area (Å²) in [7, 11) is 0. The number of rotatable bonds is 4. The Balaban J connectivity index is 1.68. The Bertz CT molecular complexity index is 1250. The van der Waals surface area contributed by atoms with Crippen LogP contribution in [0.15, 0.2) is 66.6 Å². The van der Waals surface area contributed by atoms with Gasteiger partial charge in [-0.3, -0.25) is 4.98 Å². The summed E-state index contributed by atoms with van der Waals surface area (Å²) >= 11 is 1.59. The molecule has 0 radical (unpaired) electrons. The van der Waals surface area contributed by atoms with Gasteiger partial charge in [-0.25, -0.2) is 15.0 Å². The lowest BCUT2D eigenvalue weighted by Crippen LogP contribution is -2.03. The highest BCUT2D eigenvalue weighted by Crippen LogP contribution is 2.33. The molecular weight excluding hydrogens is 384 g/mol. The van der Waals surface area contributed by atoms with E-state index in [9.17, 15) is 0 Å². The van der Waals surface area contributed by atoms with E-state index < -0.39 is 0 Å². The maximum absolute atomic E-state index is 4.78. The van der Waals surface area contributed by atoms with Crippen LogP contribution in [0.4, 0.5) is 0 Å². The molecule has 29 heavy (non-hydrogen) atoms. The number of benzene rings is 1. The van der Waals surface area contributed by atoms with Crippen LogP contribution < -0.4 is 0 Å². The maximum Gasteiger partial charge on any atom is 0.190 e. The summed E-state index contributed by atoms with van der Waals surface area (Å²) in [6, 6.07) is 12.0. The average Bonchev–Trinajstić information content (AvgIpc) is 3.47. The van der Waals surface area contributed by atoms with Crippen LogP contribution in [0.2, 0.25) is 0 Å². The van der Waals surface area contributed by atoms with Gasteiger partial charge < -0.3 is 0 Å². The van der Waals surface area contributed by atoms with Gasteiger partial charge >= 0.3 is 0 Å². The van der Waals surface area contributed by atoms with Crippen LogP contribution in [0.5, 0.6) is 0 Å². The Labute approximate surface area is 170 Å². The molecule has 0 bridgehead atoms. The van der Waals surface area contributed by atoms with Crippen molar-refractivity contribution in [3.8, 4) is 39.2 Å². The summed E-state index contributed by atoms with van der Waals surface area (Å²) in [5.74, 6) is 1.07. The van der Waals surface area contributed by atoms with Gasteiger partial charge in [0.1, 0.15) is 5.69 Å². The zero-order valence-electron chi connectivity index (χ0n) is 15.3. The molecule has 0 aliphatic rings. The summed E-state index contributed by atoms with van der Waals surface area (Å²) in [5, 5.41) is 14.3. The number of tetrazole rings is 1. The van der Waals surface area contributed by atoms with E-state index in [0.717, 1.165) is 21.8 Å². The molecule has 5 rings (SSSR count). The van der Waals surface area contributed by atoms with E-state index in [2.05, 4.69) is 30.5 Å². The Morgan fingerprint density at radius 2 is 1.86 bits per heavy atom. The first-order valence-electron chi connectivity index (χ1n) is 8.83. The highest BCUT2D eigenvalue weighted by Gasteiger charge is 2.19. The van der Waals surface area contributed by atoms with Crippen molar-refractivity contribution in [3.05, 3.63) is 72.1 Å². The van der Waals surface area contributed by atoms with E-state index in [1.54, 1.807) is 40.8 Å². The third-order valence-corrected chi connectivity index (χ3v) is 5.20. The predicted molar refractivity (Wildman–Crippen MR) is 109 cm³/mol. The molecule has 1 aromatic carbocycles. The fourth-order valence-corrected chi connectivity index (χ4v) is 3.63. The second-order valence-corrected chi connectivity index (χ2v) is 7.22. The first kappa shape index (κ1) is 17.3. The Morgan fingerprint density at radius 3 is 2.62 bits per heavy atom. The molecule has 0 atom stereocenters. The zero-order chi connectivity index (χ0) is 19.6. The van der Waals surface area contributed by atoms with Crippen molar-refractivity contribution < 1.29 is 0 Å². The molecule has 8 nitrogen and oxygen atoms in total. The first-order valence-corrected chi connectivity index (χ1v) is 9.70. The molecule has 140 valence electrons. The van der Waals surface area contributed by atoms with Crippen molar-refractivity contribution in [1.29, 1.82) is 0 Å². The summed E-state index contributed by atoms with van der Waals surface area (Å²) in [4.78, 5) is 18.7. The van der Waals surface area contributed by atoms with Gasteiger partial charge in [-0.2, -0.15) is 4.68 Å². The Hall–Kier alpha value is -3.85. The van der Waals surface area contributed by atoms with Crippen LogP contribution in [0.25, 0.3) is 39.2 Å². The van der Waals surface area contributed by atoms with Crippen LogP contribution in [0, 0.1) is 6.92 Å². The van der Waals surface area contributed by atoms with Crippen molar-refractivity contribution in [1.82, 2.24) is 40.1 Å². The fraction of sp³-hybridized carbons (Fsp3) is 0.0500. The highest BCUT2D eigenvalue weighted by molar-refractivity contribution is 7.13. The highest BCUT2D eigenvalue weighted by atomic mass is 32.1. The summed E-state index contributed by atoms with van der Waals surface area (Å²) < 4.78 is 1.69.